The Bertz CT molecular complexity index is 541. The summed E-state index contributed by atoms with van der Waals surface area (Å²) in [6.07, 6.45) is 6.02. The van der Waals surface area contributed by atoms with E-state index in [9.17, 15) is 5.11 Å². The minimum atomic E-state index is -0.137. The maximum atomic E-state index is 9.58. The van der Waals surface area contributed by atoms with E-state index in [2.05, 4.69) is 24.7 Å². The third kappa shape index (κ3) is 1.72. The first-order valence-electron chi connectivity index (χ1n) is 8.05. The van der Waals surface area contributed by atoms with E-state index in [-0.39, 0.29) is 6.10 Å². The Morgan fingerprint density at radius 3 is 2.48 bits per heavy atom. The fourth-order valence-corrected chi connectivity index (χ4v) is 4.55. The molecule has 0 radical (unpaired) electrons. The monoisotopic (exact) mass is 287 g/mol. The summed E-state index contributed by atoms with van der Waals surface area (Å²) in [4.78, 5) is 16.4. The van der Waals surface area contributed by atoms with Gasteiger partial charge >= 0.3 is 0 Å². The molecule has 6 heteroatoms. The van der Waals surface area contributed by atoms with Crippen molar-refractivity contribution in [3.05, 3.63) is 12.4 Å². The van der Waals surface area contributed by atoms with Crippen molar-refractivity contribution in [3.8, 4) is 0 Å². The van der Waals surface area contributed by atoms with Gasteiger partial charge in [-0.3, -0.25) is 4.90 Å². The molecule has 4 unspecified atom stereocenters. The van der Waals surface area contributed by atoms with Crippen molar-refractivity contribution in [2.45, 2.75) is 25.1 Å². The minimum Gasteiger partial charge on any atom is -0.393 e. The van der Waals surface area contributed by atoms with Crippen LogP contribution in [0.5, 0.6) is 0 Å². The van der Waals surface area contributed by atoms with Gasteiger partial charge < -0.3 is 14.9 Å². The van der Waals surface area contributed by atoms with E-state index < -0.39 is 0 Å². The second kappa shape index (κ2) is 4.30. The van der Waals surface area contributed by atoms with Crippen molar-refractivity contribution in [3.63, 3.8) is 0 Å². The summed E-state index contributed by atoms with van der Waals surface area (Å²) in [5.74, 6) is 2.58. The first kappa shape index (κ1) is 12.2. The van der Waals surface area contributed by atoms with Crippen molar-refractivity contribution in [1.82, 2.24) is 14.9 Å². The van der Waals surface area contributed by atoms with Crippen LogP contribution in [0.4, 0.5) is 11.6 Å². The van der Waals surface area contributed by atoms with Gasteiger partial charge in [0.2, 0.25) is 5.95 Å². The van der Waals surface area contributed by atoms with Crippen molar-refractivity contribution in [2.75, 3.05) is 42.5 Å². The maximum absolute atomic E-state index is 9.58. The van der Waals surface area contributed by atoms with Gasteiger partial charge in [0, 0.05) is 38.6 Å². The first-order valence-corrected chi connectivity index (χ1v) is 8.05. The van der Waals surface area contributed by atoms with E-state index in [0.29, 0.717) is 6.17 Å². The zero-order chi connectivity index (χ0) is 14.0. The molecule has 1 N–H and O–H groups in total. The van der Waals surface area contributed by atoms with E-state index in [0.717, 1.165) is 55.9 Å². The Hall–Kier alpha value is -1.40. The molecule has 1 aromatic rings. The summed E-state index contributed by atoms with van der Waals surface area (Å²) in [7, 11) is 0. The zero-order valence-electron chi connectivity index (χ0n) is 12.1. The Labute approximate surface area is 124 Å². The molecule has 5 saturated heterocycles. The molecule has 112 valence electrons. The van der Waals surface area contributed by atoms with Crippen molar-refractivity contribution >= 4 is 11.6 Å². The van der Waals surface area contributed by atoms with Crippen LogP contribution in [0.2, 0.25) is 0 Å². The molecule has 6 rings (SSSR count). The molecule has 6 nitrogen and oxygen atoms in total. The number of aliphatic hydroxyl groups excluding tert-OH is 1. The summed E-state index contributed by atoms with van der Waals surface area (Å²) in [5, 5.41) is 9.58. The average Bonchev–Trinajstić information content (AvgIpc) is 3.13. The van der Waals surface area contributed by atoms with E-state index in [1.54, 1.807) is 0 Å². The number of piperidine rings is 1. The molecule has 0 amide bonds. The largest absolute Gasteiger partial charge is 0.393 e. The molecule has 1 aromatic heterocycles. The Kier molecular flexibility index (Phi) is 2.49. The molecular weight excluding hydrogens is 266 g/mol. The number of nitrogens with zero attached hydrogens (tertiary/aromatic N) is 5. The van der Waals surface area contributed by atoms with Gasteiger partial charge in [0.1, 0.15) is 0 Å². The lowest BCUT2D eigenvalue weighted by Gasteiger charge is -2.43. The number of hydrogen-bond donors (Lipinski definition) is 1. The molecule has 0 aromatic carbocycles. The van der Waals surface area contributed by atoms with Crippen LogP contribution in [0, 0.1) is 11.8 Å². The van der Waals surface area contributed by atoms with Crippen molar-refractivity contribution in [2.24, 2.45) is 11.8 Å². The molecule has 0 aliphatic carbocycles. The molecule has 4 atom stereocenters. The summed E-state index contributed by atoms with van der Waals surface area (Å²) in [6.45, 7) is 5.48. The van der Waals surface area contributed by atoms with Crippen molar-refractivity contribution < 1.29 is 5.11 Å². The second-order valence-corrected chi connectivity index (χ2v) is 6.90. The van der Waals surface area contributed by atoms with Crippen LogP contribution >= 0.6 is 0 Å². The van der Waals surface area contributed by atoms with Gasteiger partial charge in [0.25, 0.3) is 0 Å². The fourth-order valence-electron chi connectivity index (χ4n) is 4.55. The highest BCUT2D eigenvalue weighted by Gasteiger charge is 2.60. The standard InChI is InChI=1S/C15H21N5O/c21-12-1-3-18(4-2-12)11-5-16-15(17-6-11)20-8-10-7-19-9-13(10)14(19)20/h5-6,10,12-14,21H,1-4,7-9H2. The molecular formula is C15H21N5O. The lowest BCUT2D eigenvalue weighted by molar-refractivity contribution is 0.115. The van der Waals surface area contributed by atoms with Gasteiger partial charge in [0.05, 0.1) is 30.4 Å². The van der Waals surface area contributed by atoms with E-state index in [1.165, 1.54) is 13.1 Å². The lowest BCUT2D eigenvalue weighted by Crippen LogP contribution is -2.56. The van der Waals surface area contributed by atoms with Gasteiger partial charge in [0.15, 0.2) is 0 Å². The first-order chi connectivity index (χ1) is 10.3. The fraction of sp³-hybridized carbons (Fsp3) is 0.733. The quantitative estimate of drug-likeness (QED) is 0.835. The van der Waals surface area contributed by atoms with Crippen LogP contribution in [-0.4, -0.2) is 65.0 Å². The zero-order valence-corrected chi connectivity index (χ0v) is 12.1. The molecule has 21 heavy (non-hydrogen) atoms. The molecule has 4 bridgehead atoms. The van der Waals surface area contributed by atoms with E-state index in [1.807, 2.05) is 12.4 Å². The summed E-state index contributed by atoms with van der Waals surface area (Å²) in [5.41, 5.74) is 1.08. The van der Waals surface area contributed by atoms with E-state index in [4.69, 9.17) is 0 Å². The van der Waals surface area contributed by atoms with Crippen LogP contribution < -0.4 is 9.80 Å². The van der Waals surface area contributed by atoms with Gasteiger partial charge in [-0.25, -0.2) is 9.97 Å². The lowest BCUT2D eigenvalue weighted by atomic mass is 9.97. The molecule has 5 aliphatic rings. The topological polar surface area (TPSA) is 55.7 Å². The summed E-state index contributed by atoms with van der Waals surface area (Å²) in [6, 6.07) is 0. The maximum Gasteiger partial charge on any atom is 0.226 e. The molecule has 0 saturated carbocycles. The van der Waals surface area contributed by atoms with Gasteiger partial charge in [-0.15, -0.1) is 0 Å². The van der Waals surface area contributed by atoms with Gasteiger partial charge in [-0.2, -0.15) is 0 Å². The van der Waals surface area contributed by atoms with Crippen molar-refractivity contribution in [1.29, 1.82) is 0 Å². The van der Waals surface area contributed by atoms with Crippen LogP contribution in [-0.2, 0) is 0 Å². The highest BCUT2D eigenvalue weighted by molar-refractivity contribution is 5.47. The van der Waals surface area contributed by atoms with Crippen LogP contribution in [0.3, 0.4) is 0 Å². The molecule has 5 aliphatic heterocycles. The van der Waals surface area contributed by atoms with Crippen LogP contribution in [0.25, 0.3) is 0 Å². The Morgan fingerprint density at radius 1 is 1.05 bits per heavy atom. The molecule has 5 fully saturated rings. The minimum absolute atomic E-state index is 0.137. The smallest absolute Gasteiger partial charge is 0.226 e. The summed E-state index contributed by atoms with van der Waals surface area (Å²) < 4.78 is 0. The second-order valence-electron chi connectivity index (χ2n) is 6.90. The van der Waals surface area contributed by atoms with E-state index >= 15 is 0 Å². The number of anilines is 2. The predicted molar refractivity (Wildman–Crippen MR) is 79.2 cm³/mol. The third-order valence-electron chi connectivity index (χ3n) is 5.74. The Balaban J connectivity index is 1.32. The number of hydrogen-bond acceptors (Lipinski definition) is 6. The molecule has 6 heterocycles. The summed E-state index contributed by atoms with van der Waals surface area (Å²) >= 11 is 0. The predicted octanol–water partition coefficient (Wildman–Crippen LogP) is 0.145. The van der Waals surface area contributed by atoms with Gasteiger partial charge in [-0.05, 0) is 18.8 Å². The SMILES string of the molecule is OC1CCN(c2cnc(N3CC4CN5CC4C53)nc2)CC1. The Morgan fingerprint density at radius 2 is 1.81 bits per heavy atom. The highest BCUT2D eigenvalue weighted by atomic mass is 16.3. The normalized spacial score (nSPS) is 38.0. The van der Waals surface area contributed by atoms with Crippen LogP contribution in [0.15, 0.2) is 12.4 Å². The van der Waals surface area contributed by atoms with Gasteiger partial charge in [-0.1, -0.05) is 0 Å². The molecule has 0 spiro atoms. The third-order valence-corrected chi connectivity index (χ3v) is 5.74. The highest BCUT2D eigenvalue weighted by Crippen LogP contribution is 2.49. The number of rotatable bonds is 2. The number of aliphatic hydroxyl groups is 1. The van der Waals surface area contributed by atoms with Crippen LogP contribution in [0.1, 0.15) is 12.8 Å². The number of aromatic nitrogens is 2. The average molecular weight is 287 g/mol.